The van der Waals surface area contributed by atoms with Gasteiger partial charge in [-0.2, -0.15) is 13.2 Å². The first kappa shape index (κ1) is 15.9. The number of rotatable bonds is 2. The summed E-state index contributed by atoms with van der Waals surface area (Å²) in [6.07, 6.45) is -4.45. The Morgan fingerprint density at radius 1 is 1.00 bits per heavy atom. The van der Waals surface area contributed by atoms with Gasteiger partial charge in [-0.1, -0.05) is 41.4 Å². The zero-order valence-electron chi connectivity index (χ0n) is 10.9. The topological polar surface area (TPSA) is 12.4 Å². The van der Waals surface area contributed by atoms with Gasteiger partial charge in [0.1, 0.15) is 0 Å². The van der Waals surface area contributed by atoms with Gasteiger partial charge in [-0.25, -0.2) is 0 Å². The molecule has 0 aliphatic heterocycles. The summed E-state index contributed by atoms with van der Waals surface area (Å²) in [5.74, 6) is 0. The predicted octanol–water partition coefficient (Wildman–Crippen LogP) is 6.15. The standard InChI is InChI=1S/C15H10Cl2F3N/c1-9(10-6-7-12(16)13(17)8-10)21-14-5-3-2-4-11(14)15(18,19)20/h2-8H,1H3. The first-order valence-electron chi connectivity index (χ1n) is 5.96. The summed E-state index contributed by atoms with van der Waals surface area (Å²) in [5, 5.41) is 0.705. The van der Waals surface area contributed by atoms with Gasteiger partial charge in [0, 0.05) is 5.71 Å². The third kappa shape index (κ3) is 3.77. The average molecular weight is 332 g/mol. The Hall–Kier alpha value is -1.52. The Kier molecular flexibility index (Phi) is 4.59. The molecule has 21 heavy (non-hydrogen) atoms. The summed E-state index contributed by atoms with van der Waals surface area (Å²) in [6.45, 7) is 1.62. The fourth-order valence-corrected chi connectivity index (χ4v) is 2.08. The third-order valence-corrected chi connectivity index (χ3v) is 3.57. The van der Waals surface area contributed by atoms with Crippen LogP contribution in [-0.2, 0) is 6.18 Å². The predicted molar refractivity (Wildman–Crippen MR) is 79.8 cm³/mol. The molecule has 0 radical (unpaired) electrons. The lowest BCUT2D eigenvalue weighted by molar-refractivity contribution is -0.137. The van der Waals surface area contributed by atoms with E-state index in [1.54, 1.807) is 25.1 Å². The van der Waals surface area contributed by atoms with Crippen molar-refractivity contribution in [3.8, 4) is 0 Å². The fourth-order valence-electron chi connectivity index (χ4n) is 1.78. The summed E-state index contributed by atoms with van der Waals surface area (Å²) < 4.78 is 38.7. The lowest BCUT2D eigenvalue weighted by Crippen LogP contribution is -2.05. The van der Waals surface area contributed by atoms with E-state index in [9.17, 15) is 13.2 Å². The highest BCUT2D eigenvalue weighted by Crippen LogP contribution is 2.36. The van der Waals surface area contributed by atoms with E-state index in [4.69, 9.17) is 23.2 Å². The Morgan fingerprint density at radius 3 is 2.29 bits per heavy atom. The van der Waals surface area contributed by atoms with Gasteiger partial charge in [-0.3, -0.25) is 4.99 Å². The van der Waals surface area contributed by atoms with Gasteiger partial charge in [-0.15, -0.1) is 0 Å². The number of hydrogen-bond acceptors (Lipinski definition) is 1. The maximum atomic E-state index is 12.9. The van der Waals surface area contributed by atoms with Crippen molar-refractivity contribution in [3.05, 3.63) is 63.6 Å². The van der Waals surface area contributed by atoms with Gasteiger partial charge >= 0.3 is 6.18 Å². The number of para-hydroxylation sites is 1. The molecule has 0 unspecified atom stereocenters. The van der Waals surface area contributed by atoms with Crippen LogP contribution in [0.3, 0.4) is 0 Å². The van der Waals surface area contributed by atoms with Crippen LogP contribution in [0.1, 0.15) is 18.1 Å². The molecule has 0 amide bonds. The van der Waals surface area contributed by atoms with Crippen LogP contribution in [-0.4, -0.2) is 5.71 Å². The van der Waals surface area contributed by atoms with E-state index in [-0.39, 0.29) is 5.69 Å². The Bertz CT molecular complexity index is 694. The first-order valence-corrected chi connectivity index (χ1v) is 6.71. The Morgan fingerprint density at radius 2 is 1.67 bits per heavy atom. The number of nitrogens with zero attached hydrogens (tertiary/aromatic N) is 1. The Labute approximate surface area is 130 Å². The van der Waals surface area contributed by atoms with Crippen LogP contribution in [0.5, 0.6) is 0 Å². The molecule has 2 rings (SSSR count). The number of aliphatic imine (C=N–C) groups is 1. The minimum absolute atomic E-state index is 0.131. The second kappa shape index (κ2) is 6.08. The summed E-state index contributed by atoms with van der Waals surface area (Å²) in [7, 11) is 0. The van der Waals surface area contributed by atoms with Gasteiger partial charge < -0.3 is 0 Å². The van der Waals surface area contributed by atoms with E-state index in [0.29, 0.717) is 21.3 Å². The molecular weight excluding hydrogens is 322 g/mol. The van der Waals surface area contributed by atoms with Gasteiger partial charge in [0.15, 0.2) is 0 Å². The molecule has 6 heteroatoms. The van der Waals surface area contributed by atoms with E-state index in [1.807, 2.05) is 0 Å². The van der Waals surface area contributed by atoms with Crippen LogP contribution in [0, 0.1) is 0 Å². The molecule has 110 valence electrons. The van der Waals surface area contributed by atoms with E-state index in [1.165, 1.54) is 18.2 Å². The largest absolute Gasteiger partial charge is 0.418 e. The number of alkyl halides is 3. The van der Waals surface area contributed by atoms with E-state index < -0.39 is 11.7 Å². The van der Waals surface area contributed by atoms with Crippen molar-refractivity contribution in [3.63, 3.8) is 0 Å². The molecule has 0 saturated heterocycles. The molecule has 0 heterocycles. The number of hydrogen-bond donors (Lipinski definition) is 0. The zero-order chi connectivity index (χ0) is 15.6. The quantitative estimate of drug-likeness (QED) is 0.585. The lowest BCUT2D eigenvalue weighted by Gasteiger charge is -2.10. The molecule has 0 aliphatic carbocycles. The lowest BCUT2D eigenvalue weighted by atomic mass is 10.1. The van der Waals surface area contributed by atoms with Crippen molar-refractivity contribution >= 4 is 34.6 Å². The highest BCUT2D eigenvalue weighted by Gasteiger charge is 2.33. The van der Waals surface area contributed by atoms with E-state index >= 15 is 0 Å². The summed E-state index contributed by atoms with van der Waals surface area (Å²) >= 11 is 11.7. The molecule has 0 fully saturated rings. The molecule has 0 spiro atoms. The van der Waals surface area contributed by atoms with Crippen LogP contribution < -0.4 is 0 Å². The molecule has 0 bridgehead atoms. The SMILES string of the molecule is CC(=Nc1ccccc1C(F)(F)F)c1ccc(Cl)c(Cl)c1. The maximum absolute atomic E-state index is 12.9. The monoisotopic (exact) mass is 331 g/mol. The van der Waals surface area contributed by atoms with Crippen LogP contribution >= 0.6 is 23.2 Å². The van der Waals surface area contributed by atoms with Crippen LogP contribution in [0.2, 0.25) is 10.0 Å². The summed E-state index contributed by atoms with van der Waals surface area (Å²) in [4.78, 5) is 4.06. The molecule has 1 nitrogen and oxygen atoms in total. The first-order chi connectivity index (χ1) is 9.79. The zero-order valence-corrected chi connectivity index (χ0v) is 12.4. The summed E-state index contributed by atoms with van der Waals surface area (Å²) in [5.41, 5.74) is 0.129. The highest BCUT2D eigenvalue weighted by molar-refractivity contribution is 6.42. The molecule has 2 aromatic carbocycles. The molecule has 0 atom stereocenters. The third-order valence-electron chi connectivity index (χ3n) is 2.83. The van der Waals surface area contributed by atoms with Crippen molar-refractivity contribution in [2.24, 2.45) is 4.99 Å². The van der Waals surface area contributed by atoms with Crippen molar-refractivity contribution in [1.82, 2.24) is 0 Å². The van der Waals surface area contributed by atoms with Crippen molar-refractivity contribution in [2.75, 3.05) is 0 Å². The normalized spacial score (nSPS) is 12.6. The smallest absolute Gasteiger partial charge is 0.253 e. The molecule has 0 saturated carbocycles. The Balaban J connectivity index is 2.46. The highest BCUT2D eigenvalue weighted by atomic mass is 35.5. The molecule has 0 aromatic heterocycles. The van der Waals surface area contributed by atoms with Crippen molar-refractivity contribution in [1.29, 1.82) is 0 Å². The van der Waals surface area contributed by atoms with E-state index in [0.717, 1.165) is 6.07 Å². The molecular formula is C15H10Cl2F3N. The van der Waals surface area contributed by atoms with Gasteiger partial charge in [0.25, 0.3) is 0 Å². The van der Waals surface area contributed by atoms with Gasteiger partial charge in [0.2, 0.25) is 0 Å². The van der Waals surface area contributed by atoms with E-state index in [2.05, 4.69) is 4.99 Å². The fraction of sp³-hybridized carbons (Fsp3) is 0.133. The van der Waals surface area contributed by atoms with Crippen LogP contribution in [0.4, 0.5) is 18.9 Å². The molecule has 0 aliphatic rings. The minimum atomic E-state index is -4.45. The molecule has 0 N–H and O–H groups in total. The maximum Gasteiger partial charge on any atom is 0.418 e. The number of benzene rings is 2. The molecule has 2 aromatic rings. The van der Waals surface area contributed by atoms with Gasteiger partial charge in [-0.05, 0) is 36.8 Å². The average Bonchev–Trinajstić information content (AvgIpc) is 2.41. The number of halogens is 5. The van der Waals surface area contributed by atoms with Gasteiger partial charge in [0.05, 0.1) is 21.3 Å². The second-order valence-electron chi connectivity index (χ2n) is 4.34. The minimum Gasteiger partial charge on any atom is -0.253 e. The van der Waals surface area contributed by atoms with Crippen molar-refractivity contribution in [2.45, 2.75) is 13.1 Å². The van der Waals surface area contributed by atoms with Crippen LogP contribution in [0.25, 0.3) is 0 Å². The van der Waals surface area contributed by atoms with Crippen molar-refractivity contribution < 1.29 is 13.2 Å². The second-order valence-corrected chi connectivity index (χ2v) is 5.16. The van der Waals surface area contributed by atoms with Crippen LogP contribution in [0.15, 0.2) is 47.5 Å². The summed E-state index contributed by atoms with van der Waals surface area (Å²) in [6, 6.07) is 9.97.